The molecule has 0 unspecified atom stereocenters. The van der Waals surface area contributed by atoms with Gasteiger partial charge in [-0.3, -0.25) is 4.79 Å². The van der Waals surface area contributed by atoms with E-state index < -0.39 is 5.60 Å². The van der Waals surface area contributed by atoms with Gasteiger partial charge < -0.3 is 24.4 Å². The van der Waals surface area contributed by atoms with Gasteiger partial charge in [0.2, 0.25) is 0 Å². The smallest absolute Gasteiger partial charge is 0.410 e. The maximum Gasteiger partial charge on any atom is 0.410 e. The van der Waals surface area contributed by atoms with Crippen molar-refractivity contribution in [3.63, 3.8) is 0 Å². The normalized spacial score (nSPS) is 17.6. The number of carbonyl (C=O) groups excluding carboxylic acids is 2. The van der Waals surface area contributed by atoms with E-state index in [1.54, 1.807) is 23.1 Å². The summed E-state index contributed by atoms with van der Waals surface area (Å²) in [7, 11) is 0. The SMILES string of the molecule is CC(C)(C)OC(=O)N1CCC(NC(=O)c2ccc3c(c2)OCCO3)CC1. The monoisotopic (exact) mass is 362 g/mol. The number of nitrogens with one attached hydrogen (secondary N) is 1. The van der Waals surface area contributed by atoms with Crippen LogP contribution in [-0.2, 0) is 4.74 Å². The first-order valence-electron chi connectivity index (χ1n) is 9.00. The van der Waals surface area contributed by atoms with Crippen LogP contribution in [0, 0.1) is 0 Å². The van der Waals surface area contributed by atoms with Gasteiger partial charge in [-0.1, -0.05) is 0 Å². The molecule has 3 rings (SSSR count). The van der Waals surface area contributed by atoms with Crippen LogP contribution in [0.1, 0.15) is 44.0 Å². The number of piperidine rings is 1. The lowest BCUT2D eigenvalue weighted by atomic mass is 10.0. The third-order valence-corrected chi connectivity index (χ3v) is 4.29. The van der Waals surface area contributed by atoms with E-state index in [4.69, 9.17) is 14.2 Å². The Labute approximate surface area is 153 Å². The molecule has 1 saturated heterocycles. The minimum absolute atomic E-state index is 0.0365. The number of fused-ring (bicyclic) bond motifs is 1. The molecule has 0 aromatic heterocycles. The zero-order valence-corrected chi connectivity index (χ0v) is 15.5. The molecule has 142 valence electrons. The Hall–Kier alpha value is -2.44. The van der Waals surface area contributed by atoms with E-state index in [0.717, 1.165) is 0 Å². The Morgan fingerprint density at radius 1 is 1.12 bits per heavy atom. The van der Waals surface area contributed by atoms with Crippen LogP contribution in [0.5, 0.6) is 11.5 Å². The van der Waals surface area contributed by atoms with Gasteiger partial charge in [0, 0.05) is 24.7 Å². The summed E-state index contributed by atoms with van der Waals surface area (Å²) in [5.41, 5.74) is 0.0456. The number of rotatable bonds is 2. The fourth-order valence-electron chi connectivity index (χ4n) is 2.99. The van der Waals surface area contributed by atoms with Gasteiger partial charge in [-0.15, -0.1) is 0 Å². The van der Waals surface area contributed by atoms with E-state index in [-0.39, 0.29) is 18.0 Å². The summed E-state index contributed by atoms with van der Waals surface area (Å²) in [4.78, 5) is 26.3. The first kappa shape index (κ1) is 18.4. The highest BCUT2D eigenvalue weighted by atomic mass is 16.6. The molecule has 1 aromatic rings. The van der Waals surface area contributed by atoms with Gasteiger partial charge >= 0.3 is 6.09 Å². The van der Waals surface area contributed by atoms with Gasteiger partial charge in [-0.25, -0.2) is 4.79 Å². The molecule has 1 fully saturated rings. The average molecular weight is 362 g/mol. The highest BCUT2D eigenvalue weighted by molar-refractivity contribution is 5.95. The number of hydrogen-bond acceptors (Lipinski definition) is 5. The quantitative estimate of drug-likeness (QED) is 0.875. The summed E-state index contributed by atoms with van der Waals surface area (Å²) in [6.07, 6.45) is 1.11. The number of ether oxygens (including phenoxy) is 3. The first-order chi connectivity index (χ1) is 12.3. The zero-order valence-electron chi connectivity index (χ0n) is 15.5. The number of nitrogens with zero attached hydrogens (tertiary/aromatic N) is 1. The fourth-order valence-corrected chi connectivity index (χ4v) is 2.99. The summed E-state index contributed by atoms with van der Waals surface area (Å²) in [5.74, 6) is 1.12. The minimum atomic E-state index is -0.500. The van der Waals surface area contributed by atoms with Gasteiger partial charge in [-0.05, 0) is 51.8 Å². The van der Waals surface area contributed by atoms with Crippen molar-refractivity contribution < 1.29 is 23.8 Å². The Kier molecular flexibility index (Phi) is 5.25. The molecule has 2 aliphatic heterocycles. The number of benzene rings is 1. The number of likely N-dealkylation sites (tertiary alicyclic amines) is 1. The van der Waals surface area contributed by atoms with Crippen molar-refractivity contribution >= 4 is 12.0 Å². The van der Waals surface area contributed by atoms with Crippen molar-refractivity contribution in [2.24, 2.45) is 0 Å². The number of hydrogen-bond donors (Lipinski definition) is 1. The lowest BCUT2D eigenvalue weighted by Gasteiger charge is -2.33. The molecular formula is C19H26N2O5. The van der Waals surface area contributed by atoms with E-state index >= 15 is 0 Å². The van der Waals surface area contributed by atoms with Crippen LogP contribution < -0.4 is 14.8 Å². The van der Waals surface area contributed by atoms with E-state index in [2.05, 4.69) is 5.32 Å². The van der Waals surface area contributed by atoms with Gasteiger partial charge in [0.1, 0.15) is 18.8 Å². The lowest BCUT2D eigenvalue weighted by Crippen LogP contribution is -2.47. The number of amides is 2. The largest absolute Gasteiger partial charge is 0.486 e. The third kappa shape index (κ3) is 4.59. The fraction of sp³-hybridized carbons (Fsp3) is 0.579. The predicted molar refractivity (Wildman–Crippen MR) is 95.7 cm³/mol. The molecule has 0 saturated carbocycles. The van der Waals surface area contributed by atoms with Crippen LogP contribution in [0.25, 0.3) is 0 Å². The highest BCUT2D eigenvalue weighted by Crippen LogP contribution is 2.30. The Morgan fingerprint density at radius 2 is 1.77 bits per heavy atom. The number of carbonyl (C=O) groups is 2. The molecule has 2 amide bonds. The second kappa shape index (κ2) is 7.43. The molecule has 7 heteroatoms. The molecule has 0 bridgehead atoms. The first-order valence-corrected chi connectivity index (χ1v) is 9.00. The van der Waals surface area contributed by atoms with Crippen molar-refractivity contribution in [1.29, 1.82) is 0 Å². The van der Waals surface area contributed by atoms with Crippen molar-refractivity contribution in [3.8, 4) is 11.5 Å². The maximum absolute atomic E-state index is 12.5. The molecule has 0 spiro atoms. The van der Waals surface area contributed by atoms with Crippen molar-refractivity contribution in [1.82, 2.24) is 10.2 Å². The Morgan fingerprint density at radius 3 is 2.42 bits per heavy atom. The van der Waals surface area contributed by atoms with Gasteiger partial charge in [0.25, 0.3) is 5.91 Å². The summed E-state index contributed by atoms with van der Waals surface area (Å²) in [6, 6.07) is 5.24. The van der Waals surface area contributed by atoms with E-state index in [1.165, 1.54) is 0 Å². The molecule has 1 aromatic carbocycles. The third-order valence-electron chi connectivity index (χ3n) is 4.29. The summed E-state index contributed by atoms with van der Waals surface area (Å²) < 4.78 is 16.4. The van der Waals surface area contributed by atoms with Crippen LogP contribution in [0.2, 0.25) is 0 Å². The molecule has 2 heterocycles. The molecule has 26 heavy (non-hydrogen) atoms. The molecular weight excluding hydrogens is 336 g/mol. The van der Waals surface area contributed by atoms with Gasteiger partial charge in [0.05, 0.1) is 0 Å². The van der Waals surface area contributed by atoms with E-state index in [1.807, 2.05) is 20.8 Å². The zero-order chi connectivity index (χ0) is 18.7. The van der Waals surface area contributed by atoms with Crippen molar-refractivity contribution in [3.05, 3.63) is 23.8 Å². The van der Waals surface area contributed by atoms with Crippen LogP contribution in [0.15, 0.2) is 18.2 Å². The van der Waals surface area contributed by atoms with Crippen molar-refractivity contribution in [2.45, 2.75) is 45.3 Å². The average Bonchev–Trinajstić information content (AvgIpc) is 2.60. The predicted octanol–water partition coefficient (Wildman–Crippen LogP) is 2.59. The molecule has 1 N–H and O–H groups in total. The summed E-state index contributed by atoms with van der Waals surface area (Å²) in [5, 5.41) is 3.04. The van der Waals surface area contributed by atoms with Crippen molar-refractivity contribution in [2.75, 3.05) is 26.3 Å². The van der Waals surface area contributed by atoms with E-state index in [9.17, 15) is 9.59 Å². The summed E-state index contributed by atoms with van der Waals surface area (Å²) >= 11 is 0. The molecule has 2 aliphatic rings. The summed E-state index contributed by atoms with van der Waals surface area (Å²) in [6.45, 7) is 7.71. The highest BCUT2D eigenvalue weighted by Gasteiger charge is 2.27. The second-order valence-corrected chi connectivity index (χ2v) is 7.57. The standard InChI is InChI=1S/C19H26N2O5/c1-19(2,3)26-18(23)21-8-6-14(7-9-21)20-17(22)13-4-5-15-16(12-13)25-11-10-24-15/h4-5,12,14H,6-11H2,1-3H3,(H,20,22). The lowest BCUT2D eigenvalue weighted by molar-refractivity contribution is 0.0199. The molecule has 7 nitrogen and oxygen atoms in total. The van der Waals surface area contributed by atoms with Crippen LogP contribution in [-0.4, -0.2) is 54.8 Å². The molecule has 0 aliphatic carbocycles. The Bertz CT molecular complexity index is 675. The Balaban J connectivity index is 1.51. The topological polar surface area (TPSA) is 77.1 Å². The van der Waals surface area contributed by atoms with Crippen LogP contribution >= 0.6 is 0 Å². The van der Waals surface area contributed by atoms with Crippen LogP contribution in [0.4, 0.5) is 4.79 Å². The van der Waals surface area contributed by atoms with Crippen LogP contribution in [0.3, 0.4) is 0 Å². The molecule has 0 radical (unpaired) electrons. The van der Waals surface area contributed by atoms with Gasteiger partial charge in [-0.2, -0.15) is 0 Å². The second-order valence-electron chi connectivity index (χ2n) is 7.57. The maximum atomic E-state index is 12.5. The van der Waals surface area contributed by atoms with E-state index in [0.29, 0.717) is 56.2 Å². The minimum Gasteiger partial charge on any atom is -0.486 e. The van der Waals surface area contributed by atoms with Gasteiger partial charge in [0.15, 0.2) is 11.5 Å². The molecule has 0 atom stereocenters.